The number of nitrogens with two attached hydrogens (primary N) is 1. The number of nitrogens with zero attached hydrogens (tertiary/aromatic N) is 5. The number of esters is 1. The molecule has 0 spiro atoms. The van der Waals surface area contributed by atoms with E-state index in [1.165, 1.54) is 6.07 Å². The monoisotopic (exact) mass is 649 g/mol. The van der Waals surface area contributed by atoms with Crippen LogP contribution in [0.3, 0.4) is 0 Å². The second-order valence-electron chi connectivity index (χ2n) is 11.5. The van der Waals surface area contributed by atoms with E-state index in [0.717, 1.165) is 53.3 Å². The highest BCUT2D eigenvalue weighted by atomic mass is 19.4. The molecular weight excluding hydrogens is 614 g/mol. The van der Waals surface area contributed by atoms with E-state index in [0.29, 0.717) is 53.7 Å². The van der Waals surface area contributed by atoms with E-state index in [9.17, 15) is 18.0 Å². The van der Waals surface area contributed by atoms with Crippen molar-refractivity contribution in [3.05, 3.63) is 88.3 Å². The molecule has 2 aromatic carbocycles. The zero-order chi connectivity index (χ0) is 33.3. The number of rotatable bonds is 10. The zero-order valence-corrected chi connectivity index (χ0v) is 26.1. The van der Waals surface area contributed by atoms with Crippen LogP contribution in [0.15, 0.2) is 48.9 Å². The van der Waals surface area contributed by atoms with Crippen molar-refractivity contribution in [2.24, 2.45) is 5.73 Å². The number of aromatic nitrogens is 5. The van der Waals surface area contributed by atoms with Gasteiger partial charge in [0.05, 0.1) is 28.2 Å². The van der Waals surface area contributed by atoms with Crippen molar-refractivity contribution < 1.29 is 27.1 Å². The molecule has 3 N–H and O–H groups in total. The summed E-state index contributed by atoms with van der Waals surface area (Å²) in [5.41, 5.74) is 11.0. The van der Waals surface area contributed by atoms with E-state index >= 15 is 4.39 Å². The topological polar surface area (TPSA) is 115 Å². The normalized spacial score (nSPS) is 13.3. The van der Waals surface area contributed by atoms with Gasteiger partial charge in [0.15, 0.2) is 0 Å². The number of nitrogens with one attached hydrogen (secondary N) is 1. The van der Waals surface area contributed by atoms with Crippen molar-refractivity contribution >= 4 is 22.8 Å². The molecular formula is C34H35F4N7O2. The third-order valence-corrected chi connectivity index (χ3v) is 8.55. The van der Waals surface area contributed by atoms with E-state index in [1.54, 1.807) is 17.2 Å². The summed E-state index contributed by atoms with van der Waals surface area (Å²) >= 11 is 0. The summed E-state index contributed by atoms with van der Waals surface area (Å²) in [5.74, 6) is -0.797. The first-order chi connectivity index (χ1) is 22.6. The standard InChI is InChI=1S/C34H35F4N7O2/c1-3-20-7-5-8-21(4-2)31(20)45-32(25-18-44(14-11-27(25)43-45)33-41-16-23(17-42-33)34(36,37)38)29-24-10-13-40-30(24)22(15-26(29)35)19-47-28(46)9-6-12-39/h5,7-8,10,13,15-17,40H,3-4,6,9,11-12,14,18-19,39H2,1-2H3. The van der Waals surface area contributed by atoms with Crippen LogP contribution in [0.5, 0.6) is 0 Å². The van der Waals surface area contributed by atoms with E-state index in [4.69, 9.17) is 15.6 Å². The van der Waals surface area contributed by atoms with Crippen molar-refractivity contribution in [1.29, 1.82) is 0 Å². The number of H-pyrrole nitrogens is 1. The van der Waals surface area contributed by atoms with Gasteiger partial charge in [0.25, 0.3) is 0 Å². The molecule has 4 heterocycles. The number of para-hydroxylation sites is 1. The Morgan fingerprint density at radius 3 is 2.47 bits per heavy atom. The molecule has 0 fully saturated rings. The second-order valence-corrected chi connectivity index (χ2v) is 11.5. The van der Waals surface area contributed by atoms with Gasteiger partial charge in [-0.25, -0.2) is 19.0 Å². The molecule has 47 heavy (non-hydrogen) atoms. The van der Waals surface area contributed by atoms with Crippen LogP contribution in [0.4, 0.5) is 23.5 Å². The predicted octanol–water partition coefficient (Wildman–Crippen LogP) is 6.44. The molecule has 3 aromatic heterocycles. The Hall–Kier alpha value is -4.78. The molecule has 0 unspecified atom stereocenters. The van der Waals surface area contributed by atoms with Crippen LogP contribution in [0.1, 0.15) is 60.2 Å². The number of hydrogen-bond donors (Lipinski definition) is 2. The van der Waals surface area contributed by atoms with Crippen LogP contribution in [0.25, 0.3) is 27.8 Å². The van der Waals surface area contributed by atoms with Gasteiger partial charge in [0.1, 0.15) is 12.4 Å². The van der Waals surface area contributed by atoms with Gasteiger partial charge in [0.2, 0.25) is 5.95 Å². The van der Waals surface area contributed by atoms with E-state index in [2.05, 4.69) is 28.8 Å². The van der Waals surface area contributed by atoms with Crippen molar-refractivity contribution in [3.8, 4) is 16.9 Å². The van der Waals surface area contributed by atoms with Gasteiger partial charge >= 0.3 is 12.1 Å². The highest BCUT2D eigenvalue weighted by Gasteiger charge is 2.34. The fraction of sp³-hybridized carbons (Fsp3) is 0.353. The van der Waals surface area contributed by atoms with Crippen LogP contribution in [0.2, 0.25) is 0 Å². The lowest BCUT2D eigenvalue weighted by Crippen LogP contribution is -2.31. The molecule has 9 nitrogen and oxygen atoms in total. The highest BCUT2D eigenvalue weighted by molar-refractivity contribution is 5.98. The van der Waals surface area contributed by atoms with Gasteiger partial charge in [-0.3, -0.25) is 4.79 Å². The van der Waals surface area contributed by atoms with Crippen LogP contribution >= 0.6 is 0 Å². The lowest BCUT2D eigenvalue weighted by atomic mass is 9.95. The molecule has 0 aliphatic carbocycles. The number of benzene rings is 2. The first-order valence-corrected chi connectivity index (χ1v) is 15.6. The summed E-state index contributed by atoms with van der Waals surface area (Å²) in [6.07, 6.45) is 1.25. The molecule has 1 aliphatic heterocycles. The van der Waals surface area contributed by atoms with E-state index in [1.807, 2.05) is 22.9 Å². The summed E-state index contributed by atoms with van der Waals surface area (Å²) in [6, 6.07) is 9.23. The summed E-state index contributed by atoms with van der Waals surface area (Å²) in [4.78, 5) is 25.3. The Morgan fingerprint density at radius 2 is 1.81 bits per heavy atom. The number of halogens is 4. The number of fused-ring (bicyclic) bond motifs is 2. The molecule has 0 saturated heterocycles. The first kappa shape index (κ1) is 32.2. The Bertz CT molecular complexity index is 1890. The second kappa shape index (κ2) is 13.1. The van der Waals surface area contributed by atoms with Gasteiger partial charge < -0.3 is 20.4 Å². The molecule has 0 bridgehead atoms. The Labute approximate surface area is 268 Å². The van der Waals surface area contributed by atoms with Crippen molar-refractivity contribution in [2.45, 2.75) is 65.3 Å². The smallest absolute Gasteiger partial charge is 0.419 e. The molecule has 0 saturated carbocycles. The lowest BCUT2D eigenvalue weighted by molar-refractivity contribution is -0.145. The minimum Gasteiger partial charge on any atom is -0.461 e. The highest BCUT2D eigenvalue weighted by Crippen LogP contribution is 2.41. The molecule has 246 valence electrons. The number of carbonyl (C=O) groups excluding carboxylic acids is 1. The fourth-order valence-corrected chi connectivity index (χ4v) is 6.18. The maximum Gasteiger partial charge on any atom is 0.419 e. The largest absolute Gasteiger partial charge is 0.461 e. The van der Waals surface area contributed by atoms with Gasteiger partial charge in [-0.05, 0) is 49.1 Å². The maximum atomic E-state index is 16.6. The Kier molecular flexibility index (Phi) is 9.00. The quantitative estimate of drug-likeness (QED) is 0.132. The summed E-state index contributed by atoms with van der Waals surface area (Å²) < 4.78 is 63.5. The minimum absolute atomic E-state index is 0.118. The van der Waals surface area contributed by atoms with Gasteiger partial charge in [-0.2, -0.15) is 18.3 Å². The van der Waals surface area contributed by atoms with E-state index in [-0.39, 0.29) is 25.5 Å². The summed E-state index contributed by atoms with van der Waals surface area (Å²) in [6.45, 7) is 4.98. The molecule has 6 rings (SSSR count). The summed E-state index contributed by atoms with van der Waals surface area (Å²) in [7, 11) is 0. The third kappa shape index (κ3) is 6.19. The molecule has 1 aliphatic rings. The third-order valence-electron chi connectivity index (χ3n) is 8.55. The van der Waals surface area contributed by atoms with Crippen LogP contribution < -0.4 is 10.6 Å². The van der Waals surface area contributed by atoms with Gasteiger partial charge in [-0.1, -0.05) is 32.0 Å². The van der Waals surface area contributed by atoms with Crippen LogP contribution in [-0.4, -0.2) is 43.8 Å². The predicted molar refractivity (Wildman–Crippen MR) is 169 cm³/mol. The molecule has 13 heteroatoms. The number of hydrogen-bond acceptors (Lipinski definition) is 7. The number of aromatic amines is 1. The molecule has 0 amide bonds. The Morgan fingerprint density at radius 1 is 1.09 bits per heavy atom. The SMILES string of the molecule is CCc1cccc(CC)c1-n1nc2c(c1-c1c(F)cc(COC(=O)CCCN)c3[nH]ccc13)CN(c1ncc(C(F)(F)F)cn1)CC2. The van der Waals surface area contributed by atoms with Gasteiger partial charge in [-0.15, -0.1) is 0 Å². The van der Waals surface area contributed by atoms with Crippen molar-refractivity contribution in [3.63, 3.8) is 0 Å². The lowest BCUT2D eigenvalue weighted by Gasteiger charge is -2.27. The van der Waals surface area contributed by atoms with Crippen molar-refractivity contribution in [2.75, 3.05) is 18.0 Å². The number of carbonyl (C=O) groups is 1. The number of alkyl halides is 3. The van der Waals surface area contributed by atoms with E-state index < -0.39 is 23.5 Å². The number of anilines is 1. The van der Waals surface area contributed by atoms with Crippen molar-refractivity contribution in [1.82, 2.24) is 24.7 Å². The summed E-state index contributed by atoms with van der Waals surface area (Å²) in [5, 5.41) is 5.66. The zero-order valence-electron chi connectivity index (χ0n) is 26.1. The Balaban J connectivity index is 1.51. The van der Waals surface area contributed by atoms with Crippen LogP contribution in [0, 0.1) is 5.82 Å². The van der Waals surface area contributed by atoms with Crippen LogP contribution in [-0.2, 0) is 48.1 Å². The molecule has 0 atom stereocenters. The minimum atomic E-state index is -4.56. The number of aryl methyl sites for hydroxylation is 2. The fourth-order valence-electron chi connectivity index (χ4n) is 6.18. The molecule has 0 radical (unpaired) electrons. The average molecular weight is 650 g/mol. The number of ether oxygens (including phenoxy) is 1. The van der Waals surface area contributed by atoms with Gasteiger partial charge in [0, 0.05) is 66.6 Å². The average Bonchev–Trinajstić information content (AvgIpc) is 3.70. The maximum absolute atomic E-state index is 16.6. The first-order valence-electron chi connectivity index (χ1n) is 15.6. The molecule has 5 aromatic rings.